The highest BCUT2D eigenvalue weighted by molar-refractivity contribution is 5.79. The molecule has 3 amide bonds. The zero-order chi connectivity index (χ0) is 19.7. The zero-order valence-corrected chi connectivity index (χ0v) is 16.4. The average Bonchev–Trinajstić information content (AvgIpc) is 3.23. The van der Waals surface area contributed by atoms with Crippen molar-refractivity contribution in [3.8, 4) is 0 Å². The van der Waals surface area contributed by atoms with E-state index in [4.69, 9.17) is 0 Å². The van der Waals surface area contributed by atoms with E-state index in [9.17, 15) is 9.59 Å². The molecular weight excluding hydrogens is 358 g/mol. The lowest BCUT2D eigenvalue weighted by molar-refractivity contribution is -0.139. The van der Waals surface area contributed by atoms with E-state index < -0.39 is 0 Å². The van der Waals surface area contributed by atoms with Gasteiger partial charge in [0.25, 0.3) is 0 Å². The number of fused-ring (bicyclic) bond motifs is 1. The minimum Gasteiger partial charge on any atom is -0.335 e. The molecule has 9 nitrogen and oxygen atoms in total. The Morgan fingerprint density at radius 2 is 2.14 bits per heavy atom. The lowest BCUT2D eigenvalue weighted by atomic mass is 9.84. The third kappa shape index (κ3) is 3.88. The summed E-state index contributed by atoms with van der Waals surface area (Å²) < 4.78 is 3.65. The van der Waals surface area contributed by atoms with Crippen molar-refractivity contribution in [1.82, 2.24) is 35.1 Å². The first-order valence-electron chi connectivity index (χ1n) is 9.87. The van der Waals surface area contributed by atoms with Gasteiger partial charge in [0.2, 0.25) is 5.91 Å². The normalized spacial score (nSPS) is 17.6. The largest absolute Gasteiger partial charge is 0.335 e. The van der Waals surface area contributed by atoms with Gasteiger partial charge in [0.15, 0.2) is 0 Å². The molecule has 2 aromatic heterocycles. The van der Waals surface area contributed by atoms with E-state index in [0.29, 0.717) is 26.2 Å². The van der Waals surface area contributed by atoms with Gasteiger partial charge < -0.3 is 15.5 Å². The fourth-order valence-electron chi connectivity index (χ4n) is 3.68. The molecule has 1 aliphatic carbocycles. The van der Waals surface area contributed by atoms with E-state index >= 15 is 0 Å². The van der Waals surface area contributed by atoms with Crippen molar-refractivity contribution in [2.24, 2.45) is 13.0 Å². The molecule has 0 spiro atoms. The predicted molar refractivity (Wildman–Crippen MR) is 102 cm³/mol. The number of carbonyl (C=O) groups is 2. The summed E-state index contributed by atoms with van der Waals surface area (Å²) in [7, 11) is 1.84. The van der Waals surface area contributed by atoms with Gasteiger partial charge in [-0.3, -0.25) is 14.2 Å². The van der Waals surface area contributed by atoms with Crippen molar-refractivity contribution in [1.29, 1.82) is 0 Å². The van der Waals surface area contributed by atoms with Gasteiger partial charge in [-0.25, -0.2) is 4.79 Å². The van der Waals surface area contributed by atoms with Gasteiger partial charge in [0, 0.05) is 31.3 Å². The van der Waals surface area contributed by atoms with Crippen LogP contribution in [0.3, 0.4) is 0 Å². The molecule has 2 aliphatic rings. The van der Waals surface area contributed by atoms with Crippen LogP contribution in [0.15, 0.2) is 18.5 Å². The number of nitrogens with zero attached hydrogens (tertiary/aromatic N) is 5. The van der Waals surface area contributed by atoms with Crippen LogP contribution in [-0.4, -0.2) is 42.9 Å². The molecule has 1 aliphatic heterocycles. The highest BCUT2D eigenvalue weighted by Gasteiger charge is 2.31. The van der Waals surface area contributed by atoms with Crippen molar-refractivity contribution in [3.05, 3.63) is 35.4 Å². The number of rotatable bonds is 5. The standard InChI is InChI=1S/C19H27N7O2/c1-13(15-9-21-24(2)11-15)22-19(28)20-10-16-8-17-12-25(6-7-26(17)23-16)18(27)14-4-3-5-14/h8-9,11,13-14H,3-7,10,12H2,1-2H3,(H2,20,22,28). The van der Waals surface area contributed by atoms with Gasteiger partial charge in [0.05, 0.1) is 43.3 Å². The smallest absolute Gasteiger partial charge is 0.315 e. The van der Waals surface area contributed by atoms with Crippen LogP contribution in [0, 0.1) is 5.92 Å². The van der Waals surface area contributed by atoms with E-state index in [1.165, 1.54) is 6.42 Å². The van der Waals surface area contributed by atoms with Crippen LogP contribution in [-0.2, 0) is 31.5 Å². The second-order valence-corrected chi connectivity index (χ2v) is 7.73. The quantitative estimate of drug-likeness (QED) is 0.811. The van der Waals surface area contributed by atoms with Crippen LogP contribution >= 0.6 is 0 Å². The van der Waals surface area contributed by atoms with Crippen LogP contribution in [0.5, 0.6) is 0 Å². The fourth-order valence-corrected chi connectivity index (χ4v) is 3.68. The van der Waals surface area contributed by atoms with Crippen molar-refractivity contribution < 1.29 is 9.59 Å². The number of amides is 3. The van der Waals surface area contributed by atoms with Crippen LogP contribution in [0.4, 0.5) is 4.79 Å². The lowest BCUT2D eigenvalue weighted by Gasteiger charge is -2.34. The Morgan fingerprint density at radius 3 is 2.82 bits per heavy atom. The molecule has 0 bridgehead atoms. The lowest BCUT2D eigenvalue weighted by Crippen LogP contribution is -2.43. The zero-order valence-electron chi connectivity index (χ0n) is 16.4. The molecule has 4 rings (SSSR count). The highest BCUT2D eigenvalue weighted by Crippen LogP contribution is 2.29. The summed E-state index contributed by atoms with van der Waals surface area (Å²) in [6.07, 6.45) is 6.84. The molecule has 1 unspecified atom stereocenters. The Bertz CT molecular complexity index is 868. The van der Waals surface area contributed by atoms with E-state index in [0.717, 1.165) is 29.8 Å². The summed E-state index contributed by atoms with van der Waals surface area (Å²) in [6.45, 7) is 4.28. The number of hydrogen-bond donors (Lipinski definition) is 2. The van der Waals surface area contributed by atoms with Crippen molar-refractivity contribution in [2.45, 2.75) is 51.9 Å². The van der Waals surface area contributed by atoms with Crippen molar-refractivity contribution in [3.63, 3.8) is 0 Å². The third-order valence-electron chi connectivity index (χ3n) is 5.62. The molecule has 0 aromatic carbocycles. The first-order valence-corrected chi connectivity index (χ1v) is 9.87. The maximum absolute atomic E-state index is 12.5. The van der Waals surface area contributed by atoms with E-state index in [-0.39, 0.29) is 23.9 Å². The number of carbonyl (C=O) groups excluding carboxylic acids is 2. The Balaban J connectivity index is 1.28. The number of aryl methyl sites for hydroxylation is 1. The molecule has 28 heavy (non-hydrogen) atoms. The molecule has 1 saturated carbocycles. The number of hydrogen-bond acceptors (Lipinski definition) is 4. The first-order chi connectivity index (χ1) is 13.5. The summed E-state index contributed by atoms with van der Waals surface area (Å²) in [6, 6.07) is 1.60. The van der Waals surface area contributed by atoms with E-state index in [1.54, 1.807) is 10.9 Å². The molecular formula is C19H27N7O2. The molecule has 2 aromatic rings. The summed E-state index contributed by atoms with van der Waals surface area (Å²) in [5.41, 5.74) is 2.78. The van der Waals surface area contributed by atoms with Gasteiger partial charge in [-0.1, -0.05) is 6.42 Å². The number of aromatic nitrogens is 4. The number of nitrogens with one attached hydrogen (secondary N) is 2. The van der Waals surface area contributed by atoms with Gasteiger partial charge in [-0.15, -0.1) is 0 Å². The first kappa shape index (κ1) is 18.5. The summed E-state index contributed by atoms with van der Waals surface area (Å²) >= 11 is 0. The van der Waals surface area contributed by atoms with E-state index in [2.05, 4.69) is 20.8 Å². The molecule has 1 fully saturated rings. The molecule has 9 heteroatoms. The second kappa shape index (κ2) is 7.65. The summed E-state index contributed by atoms with van der Waals surface area (Å²) in [4.78, 5) is 26.6. The topological polar surface area (TPSA) is 97.1 Å². The molecule has 150 valence electrons. The highest BCUT2D eigenvalue weighted by atomic mass is 16.2. The van der Waals surface area contributed by atoms with Crippen LogP contribution in [0.1, 0.15) is 49.2 Å². The molecule has 1 atom stereocenters. The third-order valence-corrected chi connectivity index (χ3v) is 5.62. The average molecular weight is 385 g/mol. The van der Waals surface area contributed by atoms with Crippen LogP contribution < -0.4 is 10.6 Å². The predicted octanol–water partition coefficient (Wildman–Crippen LogP) is 1.32. The Labute approximate surface area is 164 Å². The van der Waals surface area contributed by atoms with E-state index in [1.807, 2.05) is 35.8 Å². The Hall–Kier alpha value is -2.84. The Morgan fingerprint density at radius 1 is 1.32 bits per heavy atom. The van der Waals surface area contributed by atoms with Crippen molar-refractivity contribution in [2.75, 3.05) is 6.54 Å². The summed E-state index contributed by atoms with van der Waals surface area (Å²) in [5, 5.41) is 14.4. The summed E-state index contributed by atoms with van der Waals surface area (Å²) in [5.74, 6) is 0.503. The maximum atomic E-state index is 12.5. The minimum atomic E-state index is -0.246. The second-order valence-electron chi connectivity index (χ2n) is 7.73. The molecule has 0 saturated heterocycles. The number of urea groups is 1. The fraction of sp³-hybridized carbons (Fsp3) is 0.579. The van der Waals surface area contributed by atoms with Gasteiger partial charge in [-0.2, -0.15) is 10.2 Å². The van der Waals surface area contributed by atoms with Crippen molar-refractivity contribution >= 4 is 11.9 Å². The molecule has 3 heterocycles. The maximum Gasteiger partial charge on any atom is 0.315 e. The monoisotopic (exact) mass is 385 g/mol. The van der Waals surface area contributed by atoms with Gasteiger partial charge in [-0.05, 0) is 25.8 Å². The van der Waals surface area contributed by atoms with Crippen LogP contribution in [0.2, 0.25) is 0 Å². The molecule has 2 N–H and O–H groups in total. The van der Waals surface area contributed by atoms with Crippen LogP contribution in [0.25, 0.3) is 0 Å². The van der Waals surface area contributed by atoms with Gasteiger partial charge in [0.1, 0.15) is 0 Å². The SMILES string of the molecule is CC(NC(=O)NCc1cc2n(n1)CCN(C(=O)C1CCC1)C2)c1cnn(C)c1. The Kier molecular flexibility index (Phi) is 5.06. The molecule has 0 radical (unpaired) electrons. The van der Waals surface area contributed by atoms with Gasteiger partial charge >= 0.3 is 6.03 Å². The minimum absolute atomic E-state index is 0.130.